The normalized spacial score (nSPS) is 12.9. The lowest BCUT2D eigenvalue weighted by molar-refractivity contribution is -0.158. The van der Waals surface area contributed by atoms with Gasteiger partial charge in [0.15, 0.2) is 6.10 Å². The Balaban J connectivity index is 1.11. The van der Waals surface area contributed by atoms with E-state index >= 15 is 0 Å². The van der Waals surface area contributed by atoms with Crippen LogP contribution in [0.1, 0.15) is 35.1 Å². The molecule has 0 unspecified atom stereocenters. The van der Waals surface area contributed by atoms with E-state index in [9.17, 15) is 24.3 Å². The molecule has 0 heterocycles. The van der Waals surface area contributed by atoms with Gasteiger partial charge < -0.3 is 35.3 Å². The maximum atomic E-state index is 13.2. The number of alkyl carbamates (subject to hydrolysis) is 1. The summed E-state index contributed by atoms with van der Waals surface area (Å²) < 4.78 is 16.2. The molecule has 11 heteroatoms. The molecule has 2 atom stereocenters. The molecule has 0 saturated carbocycles. The monoisotopic (exact) mass is 651 g/mol. The van der Waals surface area contributed by atoms with Gasteiger partial charge in [-0.25, -0.2) is 9.59 Å². The first kappa shape index (κ1) is 33.7. The first-order chi connectivity index (χ1) is 23.3. The summed E-state index contributed by atoms with van der Waals surface area (Å²) in [7, 11) is 0. The van der Waals surface area contributed by atoms with Crippen LogP contribution in [0.4, 0.5) is 4.79 Å². The third-order valence-electron chi connectivity index (χ3n) is 7.91. The van der Waals surface area contributed by atoms with Crippen LogP contribution in [0.3, 0.4) is 0 Å². The molecule has 1 aliphatic rings. The topological polar surface area (TPSA) is 152 Å². The SMILES string of the molecule is C[C@@H](OCNC(=O)CNC(=O)[C@H](Cc1ccc(O)cc1)NC(=O)OCC1c2ccccc2-c2ccccc21)C(=O)OCc1ccccc1. The third-order valence-corrected chi connectivity index (χ3v) is 7.91. The number of aromatic hydroxyl groups is 1. The summed E-state index contributed by atoms with van der Waals surface area (Å²) in [5, 5.41) is 17.3. The fraction of sp³-hybridized carbons (Fsp3) is 0.243. The number of ether oxygens (including phenoxy) is 3. The average molecular weight is 652 g/mol. The Hall–Kier alpha value is -5.68. The Morgan fingerprint density at radius 1 is 0.750 bits per heavy atom. The van der Waals surface area contributed by atoms with E-state index in [0.717, 1.165) is 27.8 Å². The minimum Gasteiger partial charge on any atom is -0.508 e. The Kier molecular flexibility index (Phi) is 11.4. The van der Waals surface area contributed by atoms with Gasteiger partial charge in [0.05, 0.1) is 6.54 Å². The molecule has 3 amide bonds. The van der Waals surface area contributed by atoms with Crippen LogP contribution >= 0.6 is 0 Å². The van der Waals surface area contributed by atoms with Gasteiger partial charge in [-0.05, 0) is 52.4 Å². The molecule has 0 spiro atoms. The first-order valence-electron chi connectivity index (χ1n) is 15.5. The standard InChI is InChI=1S/C37H37N3O8/c1-24(36(44)46-21-26-9-3-2-4-10-26)48-23-39-34(42)20-38-35(43)33(19-25-15-17-27(41)18-16-25)40-37(45)47-22-32-30-13-7-5-11-28(30)29-12-6-8-14-31(29)32/h2-18,24,32-33,41H,19-23H2,1H3,(H,38,43)(H,39,42)(H,40,45)/t24-,33+/m1/s1. The minimum absolute atomic E-state index is 0.0573. The Morgan fingerprint density at radius 2 is 1.38 bits per heavy atom. The van der Waals surface area contributed by atoms with Crippen LogP contribution in [0.25, 0.3) is 11.1 Å². The second-order valence-electron chi connectivity index (χ2n) is 11.3. The fourth-order valence-corrected chi connectivity index (χ4v) is 5.37. The number of hydrogen-bond acceptors (Lipinski definition) is 8. The highest BCUT2D eigenvalue weighted by Gasteiger charge is 2.30. The van der Waals surface area contributed by atoms with Gasteiger partial charge in [-0.1, -0.05) is 91.0 Å². The number of hydrogen-bond donors (Lipinski definition) is 4. The van der Waals surface area contributed by atoms with Crippen molar-refractivity contribution in [3.8, 4) is 16.9 Å². The summed E-state index contributed by atoms with van der Waals surface area (Å²) in [5.41, 5.74) is 5.79. The molecule has 0 bridgehead atoms. The average Bonchev–Trinajstić information content (AvgIpc) is 3.43. The highest BCUT2D eigenvalue weighted by atomic mass is 16.6. The van der Waals surface area contributed by atoms with Crippen LogP contribution in [-0.2, 0) is 41.6 Å². The van der Waals surface area contributed by atoms with E-state index in [1.54, 1.807) is 12.1 Å². The van der Waals surface area contributed by atoms with Crippen molar-refractivity contribution in [1.29, 1.82) is 0 Å². The quantitative estimate of drug-likeness (QED) is 0.117. The van der Waals surface area contributed by atoms with Crippen molar-refractivity contribution in [2.24, 2.45) is 0 Å². The van der Waals surface area contributed by atoms with Crippen LogP contribution in [-0.4, -0.2) is 61.0 Å². The van der Waals surface area contributed by atoms with Crippen molar-refractivity contribution in [3.63, 3.8) is 0 Å². The number of carbonyl (C=O) groups excluding carboxylic acids is 4. The summed E-state index contributed by atoms with van der Waals surface area (Å²) in [6, 6.07) is 30.2. The second-order valence-corrected chi connectivity index (χ2v) is 11.3. The smallest absolute Gasteiger partial charge is 0.407 e. The molecule has 0 saturated heterocycles. The molecule has 248 valence electrons. The van der Waals surface area contributed by atoms with E-state index in [2.05, 4.69) is 16.0 Å². The third kappa shape index (κ3) is 8.98. The van der Waals surface area contributed by atoms with Crippen molar-refractivity contribution in [2.45, 2.75) is 38.0 Å². The van der Waals surface area contributed by atoms with Gasteiger partial charge in [0, 0.05) is 12.3 Å². The van der Waals surface area contributed by atoms with E-state index in [0.29, 0.717) is 5.56 Å². The predicted octanol–water partition coefficient (Wildman–Crippen LogP) is 4.18. The summed E-state index contributed by atoms with van der Waals surface area (Å²) in [6.45, 7) is 0.970. The van der Waals surface area contributed by atoms with Crippen LogP contribution in [0.5, 0.6) is 5.75 Å². The molecule has 4 aromatic carbocycles. The van der Waals surface area contributed by atoms with Gasteiger partial charge in [0.2, 0.25) is 11.8 Å². The van der Waals surface area contributed by atoms with Gasteiger partial charge in [0.25, 0.3) is 0 Å². The molecule has 48 heavy (non-hydrogen) atoms. The highest BCUT2D eigenvalue weighted by molar-refractivity contribution is 5.89. The molecule has 0 aromatic heterocycles. The predicted molar refractivity (Wildman–Crippen MR) is 177 cm³/mol. The Bertz CT molecular complexity index is 1680. The number of phenols is 1. The van der Waals surface area contributed by atoms with E-state index in [1.165, 1.54) is 19.1 Å². The Morgan fingerprint density at radius 3 is 2.04 bits per heavy atom. The molecule has 11 nitrogen and oxygen atoms in total. The minimum atomic E-state index is -1.09. The first-order valence-corrected chi connectivity index (χ1v) is 15.5. The van der Waals surface area contributed by atoms with Gasteiger partial charge in [0.1, 0.15) is 31.7 Å². The van der Waals surface area contributed by atoms with Crippen molar-refractivity contribution in [3.05, 3.63) is 125 Å². The van der Waals surface area contributed by atoms with Gasteiger partial charge >= 0.3 is 12.1 Å². The fourth-order valence-electron chi connectivity index (χ4n) is 5.37. The van der Waals surface area contributed by atoms with E-state index in [1.807, 2.05) is 78.9 Å². The van der Waals surface area contributed by atoms with Crippen LogP contribution in [0, 0.1) is 0 Å². The highest BCUT2D eigenvalue weighted by Crippen LogP contribution is 2.44. The lowest BCUT2D eigenvalue weighted by Gasteiger charge is -2.20. The number of benzene rings is 4. The summed E-state index contributed by atoms with van der Waals surface area (Å²) >= 11 is 0. The molecule has 0 fully saturated rings. The molecular formula is C37H37N3O8. The zero-order chi connectivity index (χ0) is 33.9. The van der Waals surface area contributed by atoms with Crippen molar-refractivity contribution in [1.82, 2.24) is 16.0 Å². The molecule has 1 aliphatic carbocycles. The summed E-state index contributed by atoms with van der Waals surface area (Å²) in [6.07, 6.45) is -1.65. The zero-order valence-electron chi connectivity index (χ0n) is 26.4. The second kappa shape index (κ2) is 16.2. The summed E-state index contributed by atoms with van der Waals surface area (Å²) in [4.78, 5) is 50.9. The number of amides is 3. The van der Waals surface area contributed by atoms with Crippen LogP contribution < -0.4 is 16.0 Å². The van der Waals surface area contributed by atoms with Crippen molar-refractivity contribution >= 4 is 23.9 Å². The molecule has 4 N–H and O–H groups in total. The lowest BCUT2D eigenvalue weighted by atomic mass is 9.98. The number of nitrogens with one attached hydrogen (secondary N) is 3. The number of phenolic OH excluding ortho intramolecular Hbond substituents is 1. The van der Waals surface area contributed by atoms with Gasteiger partial charge in [-0.2, -0.15) is 0 Å². The van der Waals surface area contributed by atoms with Gasteiger partial charge in [-0.15, -0.1) is 0 Å². The largest absolute Gasteiger partial charge is 0.508 e. The summed E-state index contributed by atoms with van der Waals surface area (Å²) in [5.74, 6) is -1.88. The molecule has 0 radical (unpaired) electrons. The van der Waals surface area contributed by atoms with Crippen LogP contribution in [0.2, 0.25) is 0 Å². The maximum absolute atomic E-state index is 13.2. The molecule has 5 rings (SSSR count). The van der Waals surface area contributed by atoms with E-state index < -0.39 is 42.6 Å². The molecule has 4 aromatic rings. The number of fused-ring (bicyclic) bond motifs is 3. The molecule has 0 aliphatic heterocycles. The van der Waals surface area contributed by atoms with E-state index in [4.69, 9.17) is 14.2 Å². The van der Waals surface area contributed by atoms with Crippen LogP contribution in [0.15, 0.2) is 103 Å². The van der Waals surface area contributed by atoms with E-state index in [-0.39, 0.29) is 38.0 Å². The zero-order valence-corrected chi connectivity index (χ0v) is 26.4. The lowest BCUT2D eigenvalue weighted by Crippen LogP contribution is -2.50. The molecular weight excluding hydrogens is 614 g/mol. The van der Waals surface area contributed by atoms with Crippen molar-refractivity contribution < 1.29 is 38.5 Å². The number of esters is 1. The maximum Gasteiger partial charge on any atom is 0.407 e. The number of rotatable bonds is 14. The van der Waals surface area contributed by atoms with Gasteiger partial charge in [-0.3, -0.25) is 9.59 Å². The number of carbonyl (C=O) groups is 4. The Labute approximate surface area is 278 Å². The van der Waals surface area contributed by atoms with Crippen molar-refractivity contribution in [2.75, 3.05) is 19.9 Å².